The lowest BCUT2D eigenvalue weighted by Gasteiger charge is -2.38. The summed E-state index contributed by atoms with van der Waals surface area (Å²) in [5.41, 5.74) is 1.06. The summed E-state index contributed by atoms with van der Waals surface area (Å²) in [6, 6.07) is 11.1. The molecular weight excluding hydrogens is 444 g/mol. The van der Waals surface area contributed by atoms with Gasteiger partial charge in [0.1, 0.15) is 33.6 Å². The smallest absolute Gasteiger partial charge is 0.187 e. The number of aromatic nitrogens is 2. The number of aliphatic hydroxyl groups excluding tert-OH is 1. The van der Waals surface area contributed by atoms with Gasteiger partial charge in [-0.2, -0.15) is 4.37 Å². The van der Waals surface area contributed by atoms with E-state index in [0.29, 0.717) is 19.4 Å². The van der Waals surface area contributed by atoms with Gasteiger partial charge in [-0.25, -0.2) is 22.2 Å². The number of benzene rings is 2. The monoisotopic (exact) mass is 465 g/mol. The van der Waals surface area contributed by atoms with E-state index in [9.17, 15) is 22.3 Å². The van der Waals surface area contributed by atoms with Crippen molar-refractivity contribution in [1.82, 2.24) is 14.3 Å². The van der Waals surface area contributed by atoms with Gasteiger partial charge in [0.15, 0.2) is 9.84 Å². The molecule has 164 valence electrons. The first-order valence-electron chi connectivity index (χ1n) is 9.77. The molecule has 1 aliphatic rings. The number of hydrogen-bond acceptors (Lipinski definition) is 7. The van der Waals surface area contributed by atoms with Crippen LogP contribution in [0.1, 0.15) is 35.0 Å². The van der Waals surface area contributed by atoms with Gasteiger partial charge in [-0.1, -0.05) is 30.3 Å². The molecule has 4 rings (SSSR count). The van der Waals surface area contributed by atoms with E-state index in [1.54, 1.807) is 0 Å². The van der Waals surface area contributed by atoms with E-state index in [4.69, 9.17) is 0 Å². The van der Waals surface area contributed by atoms with Crippen molar-refractivity contribution < 1.29 is 22.3 Å². The minimum Gasteiger partial charge on any atom is -0.393 e. The second kappa shape index (κ2) is 9.07. The second-order valence-electron chi connectivity index (χ2n) is 7.54. The first-order valence-corrected chi connectivity index (χ1v) is 12.2. The van der Waals surface area contributed by atoms with Crippen molar-refractivity contribution in [3.8, 4) is 0 Å². The zero-order valence-corrected chi connectivity index (χ0v) is 18.1. The number of sulfone groups is 1. The molecule has 3 aromatic rings. The maximum absolute atomic E-state index is 14.9. The summed E-state index contributed by atoms with van der Waals surface area (Å²) in [4.78, 5) is 5.10. The molecule has 2 atom stereocenters. The average molecular weight is 466 g/mol. The third-order valence-electron chi connectivity index (χ3n) is 5.40. The normalized spacial score (nSPS) is 20.1. The Morgan fingerprint density at radius 3 is 2.65 bits per heavy atom. The molecule has 1 N–H and O–H groups in total. The fourth-order valence-corrected chi connectivity index (χ4v) is 6.04. The van der Waals surface area contributed by atoms with Gasteiger partial charge >= 0.3 is 0 Å². The van der Waals surface area contributed by atoms with Crippen molar-refractivity contribution in [1.29, 1.82) is 0 Å². The summed E-state index contributed by atoms with van der Waals surface area (Å²) in [6.07, 6.45) is 1.77. The van der Waals surface area contributed by atoms with Crippen LogP contribution in [0.2, 0.25) is 0 Å². The van der Waals surface area contributed by atoms with E-state index in [0.717, 1.165) is 29.2 Å². The van der Waals surface area contributed by atoms with E-state index in [2.05, 4.69) is 9.36 Å². The first-order chi connectivity index (χ1) is 14.8. The lowest BCUT2D eigenvalue weighted by Crippen LogP contribution is -2.38. The summed E-state index contributed by atoms with van der Waals surface area (Å²) in [6.45, 7) is 0.616. The summed E-state index contributed by atoms with van der Waals surface area (Å²) in [5, 5.41) is 10.3. The lowest BCUT2D eigenvalue weighted by atomic mass is 9.93. The van der Waals surface area contributed by atoms with Crippen LogP contribution in [0, 0.1) is 11.6 Å². The van der Waals surface area contributed by atoms with Crippen molar-refractivity contribution in [3.63, 3.8) is 0 Å². The van der Waals surface area contributed by atoms with Crippen LogP contribution in [0.5, 0.6) is 0 Å². The number of hydrogen-bond donors (Lipinski definition) is 1. The quantitative estimate of drug-likeness (QED) is 0.600. The summed E-state index contributed by atoms with van der Waals surface area (Å²) in [5.74, 6) is -2.31. The molecule has 0 aliphatic carbocycles. The van der Waals surface area contributed by atoms with Crippen molar-refractivity contribution in [3.05, 3.63) is 76.6 Å². The van der Waals surface area contributed by atoms with Gasteiger partial charge in [0.25, 0.3) is 0 Å². The topological polar surface area (TPSA) is 83.4 Å². The van der Waals surface area contributed by atoms with Gasteiger partial charge in [-0.3, -0.25) is 4.90 Å². The number of likely N-dealkylation sites (tertiary alicyclic amines) is 1. The number of rotatable bonds is 6. The van der Waals surface area contributed by atoms with Crippen molar-refractivity contribution in [2.45, 2.75) is 42.2 Å². The van der Waals surface area contributed by atoms with E-state index in [-0.39, 0.29) is 23.2 Å². The van der Waals surface area contributed by atoms with Crippen molar-refractivity contribution in [2.75, 3.05) is 6.54 Å². The molecule has 2 aromatic carbocycles. The highest BCUT2D eigenvalue weighted by atomic mass is 32.2. The predicted octanol–water partition coefficient (Wildman–Crippen LogP) is 3.49. The Morgan fingerprint density at radius 2 is 1.94 bits per heavy atom. The molecule has 6 nitrogen and oxygen atoms in total. The van der Waals surface area contributed by atoms with Crippen LogP contribution in [0.4, 0.5) is 8.78 Å². The van der Waals surface area contributed by atoms with Crippen molar-refractivity contribution in [2.24, 2.45) is 0 Å². The van der Waals surface area contributed by atoms with Crippen LogP contribution in [-0.2, 0) is 22.1 Å². The van der Waals surface area contributed by atoms with Crippen LogP contribution in [0.3, 0.4) is 0 Å². The zero-order valence-electron chi connectivity index (χ0n) is 16.5. The number of aliphatic hydroxyl groups is 1. The Labute approximate surface area is 183 Å². The maximum Gasteiger partial charge on any atom is 0.187 e. The predicted molar refractivity (Wildman–Crippen MR) is 112 cm³/mol. The first kappa shape index (κ1) is 21.9. The summed E-state index contributed by atoms with van der Waals surface area (Å²) >= 11 is 0.896. The summed E-state index contributed by atoms with van der Waals surface area (Å²) in [7, 11) is -4.10. The van der Waals surface area contributed by atoms with Gasteiger partial charge in [-0.05, 0) is 42.1 Å². The van der Waals surface area contributed by atoms with Gasteiger partial charge in [-0.15, -0.1) is 0 Å². The van der Waals surface area contributed by atoms with Crippen LogP contribution in [-0.4, -0.2) is 40.4 Å². The molecular formula is C21H21F2N3O3S2. The molecule has 0 bridgehead atoms. The van der Waals surface area contributed by atoms with Crippen LogP contribution in [0.15, 0.2) is 53.7 Å². The van der Waals surface area contributed by atoms with Crippen LogP contribution >= 0.6 is 11.5 Å². The fourth-order valence-electron chi connectivity index (χ4n) is 3.85. The fraction of sp³-hybridized carbons (Fsp3) is 0.333. The molecule has 10 heteroatoms. The maximum atomic E-state index is 14.9. The Kier molecular flexibility index (Phi) is 6.42. The SMILES string of the molecule is O=S(=O)(Cc1ncns1)c1cc(F)c(CN2CC[C@H](O)C[C@@H]2c2ccccc2)cc1F. The van der Waals surface area contributed by atoms with Gasteiger partial charge in [0.2, 0.25) is 0 Å². The highest BCUT2D eigenvalue weighted by Crippen LogP contribution is 2.33. The zero-order chi connectivity index (χ0) is 22.0. The number of piperidine rings is 1. The molecule has 1 aliphatic heterocycles. The minimum atomic E-state index is -4.10. The Balaban J connectivity index is 1.59. The molecule has 0 amide bonds. The average Bonchev–Trinajstić information content (AvgIpc) is 3.24. The molecule has 0 radical (unpaired) electrons. The van der Waals surface area contributed by atoms with E-state index < -0.39 is 38.2 Å². The Morgan fingerprint density at radius 1 is 1.16 bits per heavy atom. The van der Waals surface area contributed by atoms with Crippen molar-refractivity contribution >= 4 is 21.4 Å². The van der Waals surface area contributed by atoms with Gasteiger partial charge < -0.3 is 5.11 Å². The van der Waals surface area contributed by atoms with Crippen LogP contribution in [0.25, 0.3) is 0 Å². The van der Waals surface area contributed by atoms with Gasteiger partial charge in [0, 0.05) is 24.7 Å². The largest absolute Gasteiger partial charge is 0.393 e. The molecule has 1 fully saturated rings. The standard InChI is InChI=1S/C21H21F2N3O3S2/c22-17-10-20(31(28,29)12-21-24-13-25-30-21)18(23)8-15(17)11-26-7-6-16(27)9-19(26)14-4-2-1-3-5-14/h1-5,8,10,13,16,19,27H,6-7,9,11-12H2/t16-,19+/m0/s1. The number of nitrogens with zero attached hydrogens (tertiary/aromatic N) is 3. The third-order valence-corrected chi connectivity index (χ3v) is 7.88. The molecule has 2 heterocycles. The molecule has 0 saturated carbocycles. The molecule has 1 saturated heterocycles. The Bertz CT molecular complexity index is 1140. The van der Waals surface area contributed by atoms with E-state index in [1.807, 2.05) is 35.2 Å². The lowest BCUT2D eigenvalue weighted by molar-refractivity contribution is 0.0358. The molecule has 0 unspecified atom stereocenters. The highest BCUT2D eigenvalue weighted by Gasteiger charge is 2.30. The third kappa shape index (κ3) is 4.98. The Hall–Kier alpha value is -2.27. The molecule has 31 heavy (non-hydrogen) atoms. The van der Waals surface area contributed by atoms with Gasteiger partial charge in [0.05, 0.1) is 6.10 Å². The van der Waals surface area contributed by atoms with E-state index >= 15 is 0 Å². The number of halogens is 2. The second-order valence-corrected chi connectivity index (χ2v) is 10.4. The minimum absolute atomic E-state index is 0.0738. The molecule has 1 aromatic heterocycles. The van der Waals surface area contributed by atoms with E-state index in [1.165, 1.54) is 6.33 Å². The van der Waals surface area contributed by atoms with Crippen LogP contribution < -0.4 is 0 Å². The summed E-state index contributed by atoms with van der Waals surface area (Å²) < 4.78 is 58.4. The highest BCUT2D eigenvalue weighted by molar-refractivity contribution is 7.90. The molecule has 0 spiro atoms.